The van der Waals surface area contributed by atoms with E-state index in [1.165, 1.54) is 0 Å². The van der Waals surface area contributed by atoms with Crippen molar-refractivity contribution in [2.75, 3.05) is 6.54 Å². The molecule has 0 aromatic rings. The first-order chi connectivity index (χ1) is 11.1. The van der Waals surface area contributed by atoms with Crippen LogP contribution in [0, 0.1) is 0 Å². The lowest BCUT2D eigenvalue weighted by Gasteiger charge is -2.40. The van der Waals surface area contributed by atoms with Gasteiger partial charge < -0.3 is 15.3 Å². The quantitative estimate of drug-likeness (QED) is 0.819. The maximum atomic E-state index is 13.0. The summed E-state index contributed by atoms with van der Waals surface area (Å²) in [5.41, 5.74) is -1.01. The molecule has 8 heteroatoms. The van der Waals surface area contributed by atoms with Crippen LogP contribution in [0.15, 0.2) is 0 Å². The number of nitrogens with zero attached hydrogens (tertiary/aromatic N) is 1. The van der Waals surface area contributed by atoms with Crippen LogP contribution in [-0.2, 0) is 9.59 Å². The van der Waals surface area contributed by atoms with Crippen LogP contribution in [-0.4, -0.2) is 52.2 Å². The summed E-state index contributed by atoms with van der Waals surface area (Å²) in [6.45, 7) is 0.956. The molecule has 5 nitrogen and oxygen atoms in total. The van der Waals surface area contributed by atoms with Gasteiger partial charge in [-0.1, -0.05) is 19.3 Å². The normalized spacial score (nSPS) is 27.6. The first-order valence-electron chi connectivity index (χ1n) is 8.46. The molecule has 2 N–H and O–H groups in total. The number of nitrogens with one attached hydrogen (secondary N) is 1. The average Bonchev–Trinajstić information content (AvgIpc) is 2.45. The van der Waals surface area contributed by atoms with Gasteiger partial charge in [0.05, 0.1) is 12.0 Å². The molecule has 1 heterocycles. The van der Waals surface area contributed by atoms with Crippen molar-refractivity contribution in [1.82, 2.24) is 10.2 Å². The van der Waals surface area contributed by atoms with Crippen molar-refractivity contribution in [3.05, 3.63) is 0 Å². The van der Waals surface area contributed by atoms with Crippen molar-refractivity contribution >= 4 is 11.8 Å². The van der Waals surface area contributed by atoms with Crippen molar-refractivity contribution in [3.63, 3.8) is 0 Å². The van der Waals surface area contributed by atoms with Crippen LogP contribution in [0.25, 0.3) is 0 Å². The molecule has 1 aliphatic heterocycles. The number of hydrogen-bond donors (Lipinski definition) is 2. The molecule has 0 bridgehead atoms. The second kappa shape index (κ2) is 7.29. The molecule has 2 aliphatic rings. The Labute approximate surface area is 139 Å². The first-order valence-corrected chi connectivity index (χ1v) is 8.46. The van der Waals surface area contributed by atoms with E-state index < -0.39 is 29.8 Å². The van der Waals surface area contributed by atoms with Crippen molar-refractivity contribution in [1.29, 1.82) is 0 Å². The van der Waals surface area contributed by atoms with E-state index in [2.05, 4.69) is 5.32 Å². The molecule has 0 aromatic carbocycles. The number of halogens is 3. The minimum atomic E-state index is -4.46. The molecule has 2 amide bonds. The third-order valence-electron chi connectivity index (χ3n) is 5.00. The van der Waals surface area contributed by atoms with Crippen LogP contribution in [0.2, 0.25) is 0 Å². The second-order valence-corrected chi connectivity index (χ2v) is 7.03. The monoisotopic (exact) mass is 350 g/mol. The number of amides is 2. The molecular weight excluding hydrogens is 325 g/mol. The van der Waals surface area contributed by atoms with Crippen LogP contribution < -0.4 is 5.32 Å². The van der Waals surface area contributed by atoms with Gasteiger partial charge in [0.15, 0.2) is 0 Å². The predicted molar refractivity (Wildman–Crippen MR) is 81.0 cm³/mol. The topological polar surface area (TPSA) is 69.6 Å². The van der Waals surface area contributed by atoms with Crippen LogP contribution >= 0.6 is 0 Å². The zero-order chi connectivity index (χ0) is 18.0. The van der Waals surface area contributed by atoms with Gasteiger partial charge >= 0.3 is 6.18 Å². The van der Waals surface area contributed by atoms with E-state index in [4.69, 9.17) is 0 Å². The smallest absolute Gasteiger partial charge is 0.389 e. The number of alkyl halides is 3. The molecule has 2 rings (SSSR count). The highest BCUT2D eigenvalue weighted by atomic mass is 19.4. The van der Waals surface area contributed by atoms with Gasteiger partial charge in [-0.3, -0.25) is 9.59 Å². The zero-order valence-corrected chi connectivity index (χ0v) is 13.9. The third-order valence-corrected chi connectivity index (χ3v) is 5.00. The highest BCUT2D eigenvalue weighted by Gasteiger charge is 2.47. The van der Waals surface area contributed by atoms with E-state index in [9.17, 15) is 27.9 Å². The lowest BCUT2D eigenvalue weighted by molar-refractivity contribution is -0.196. The summed E-state index contributed by atoms with van der Waals surface area (Å²) in [5, 5.41) is 13.1. The fraction of sp³-hybridized carbons (Fsp3) is 0.875. The highest BCUT2D eigenvalue weighted by molar-refractivity contribution is 5.78. The van der Waals surface area contributed by atoms with Crippen LogP contribution in [0.4, 0.5) is 13.2 Å². The van der Waals surface area contributed by atoms with Crippen molar-refractivity contribution < 1.29 is 27.9 Å². The van der Waals surface area contributed by atoms with Gasteiger partial charge in [0.2, 0.25) is 11.8 Å². The highest BCUT2D eigenvalue weighted by Crippen LogP contribution is 2.33. The molecule has 1 saturated carbocycles. The zero-order valence-electron chi connectivity index (χ0n) is 13.9. The van der Waals surface area contributed by atoms with E-state index in [-0.39, 0.29) is 31.7 Å². The number of likely N-dealkylation sites (tertiary alicyclic amines) is 1. The SMILES string of the molecule is CC(=O)N1CC(NC(=O)CC2(O)CCCCC2)CCC1C(F)(F)F. The fourth-order valence-corrected chi connectivity index (χ4v) is 3.74. The number of hydrogen-bond acceptors (Lipinski definition) is 3. The number of piperidine rings is 1. The molecule has 2 atom stereocenters. The summed E-state index contributed by atoms with van der Waals surface area (Å²) in [5.74, 6) is -1.01. The standard InChI is InChI=1S/C16H25F3N2O3/c1-11(22)21-10-12(5-6-13(21)16(17,18)19)20-14(23)9-15(24)7-3-2-4-8-15/h12-13,24H,2-10H2,1H3,(H,20,23). The second-order valence-electron chi connectivity index (χ2n) is 7.03. The Kier molecular flexibility index (Phi) is 5.78. The Morgan fingerprint density at radius 2 is 1.83 bits per heavy atom. The Bertz CT molecular complexity index is 476. The molecule has 2 fully saturated rings. The van der Waals surface area contributed by atoms with Crippen LogP contribution in [0.3, 0.4) is 0 Å². The molecule has 0 radical (unpaired) electrons. The van der Waals surface area contributed by atoms with Gasteiger partial charge in [-0.25, -0.2) is 0 Å². The van der Waals surface area contributed by atoms with Crippen molar-refractivity contribution in [3.8, 4) is 0 Å². The Morgan fingerprint density at radius 3 is 2.38 bits per heavy atom. The van der Waals surface area contributed by atoms with E-state index in [0.29, 0.717) is 12.8 Å². The lowest BCUT2D eigenvalue weighted by Crippen LogP contribution is -2.58. The molecule has 24 heavy (non-hydrogen) atoms. The van der Waals surface area contributed by atoms with E-state index in [0.717, 1.165) is 31.1 Å². The molecule has 0 spiro atoms. The van der Waals surface area contributed by atoms with Gasteiger partial charge in [-0.2, -0.15) is 13.2 Å². The number of carbonyl (C=O) groups is 2. The average molecular weight is 350 g/mol. The van der Waals surface area contributed by atoms with Crippen molar-refractivity contribution in [2.45, 2.75) is 82.2 Å². The molecule has 1 aliphatic carbocycles. The number of carbonyl (C=O) groups excluding carboxylic acids is 2. The molecular formula is C16H25F3N2O3. The van der Waals surface area contributed by atoms with Gasteiger partial charge in [-0.15, -0.1) is 0 Å². The molecule has 2 unspecified atom stereocenters. The minimum absolute atomic E-state index is 0.0354. The maximum Gasteiger partial charge on any atom is 0.408 e. The summed E-state index contributed by atoms with van der Waals surface area (Å²) >= 11 is 0. The van der Waals surface area contributed by atoms with Gasteiger partial charge in [0.25, 0.3) is 0 Å². The lowest BCUT2D eigenvalue weighted by atomic mass is 9.82. The summed E-state index contributed by atoms with van der Waals surface area (Å²) in [7, 11) is 0. The van der Waals surface area contributed by atoms with Crippen LogP contribution in [0.5, 0.6) is 0 Å². The summed E-state index contributed by atoms with van der Waals surface area (Å²) in [6, 6.07) is -2.29. The summed E-state index contributed by atoms with van der Waals surface area (Å²) < 4.78 is 39.0. The third kappa shape index (κ3) is 4.84. The van der Waals surface area contributed by atoms with E-state index in [1.54, 1.807) is 0 Å². The Balaban J connectivity index is 1.91. The summed E-state index contributed by atoms with van der Waals surface area (Å²) in [6.07, 6.45) is -0.627. The first kappa shape index (κ1) is 19.0. The van der Waals surface area contributed by atoms with Gasteiger partial charge in [-0.05, 0) is 25.7 Å². The van der Waals surface area contributed by atoms with Gasteiger partial charge in [0, 0.05) is 19.5 Å². The molecule has 138 valence electrons. The van der Waals surface area contributed by atoms with Gasteiger partial charge in [0.1, 0.15) is 6.04 Å². The maximum absolute atomic E-state index is 13.0. The number of rotatable bonds is 3. The van der Waals surface area contributed by atoms with Crippen molar-refractivity contribution in [2.24, 2.45) is 0 Å². The Hall–Kier alpha value is -1.31. The molecule has 0 aromatic heterocycles. The minimum Gasteiger partial charge on any atom is -0.389 e. The summed E-state index contributed by atoms with van der Waals surface area (Å²) in [4.78, 5) is 24.5. The van der Waals surface area contributed by atoms with E-state index in [1.807, 2.05) is 0 Å². The Morgan fingerprint density at radius 1 is 1.21 bits per heavy atom. The van der Waals surface area contributed by atoms with Crippen LogP contribution in [0.1, 0.15) is 58.3 Å². The molecule has 1 saturated heterocycles. The van der Waals surface area contributed by atoms with E-state index >= 15 is 0 Å². The fourth-order valence-electron chi connectivity index (χ4n) is 3.74. The largest absolute Gasteiger partial charge is 0.408 e. The number of aliphatic hydroxyl groups is 1. The predicted octanol–water partition coefficient (Wildman–Crippen LogP) is 2.13.